The molecule has 3 rings (SSSR count). The van der Waals surface area contributed by atoms with Gasteiger partial charge >= 0.3 is 0 Å². The molecule has 27 heavy (non-hydrogen) atoms. The van der Waals surface area contributed by atoms with Crippen molar-refractivity contribution in [1.82, 2.24) is 0 Å². The predicted octanol–water partition coefficient (Wildman–Crippen LogP) is 6.02. The van der Waals surface area contributed by atoms with Gasteiger partial charge in [-0.2, -0.15) is 0 Å². The van der Waals surface area contributed by atoms with E-state index in [1.54, 1.807) is 42.5 Å². The highest BCUT2D eigenvalue weighted by Gasteiger charge is 2.33. The standard InChI is InChI=1S/C21H18Cl3NO2/c1-2-12-8-9-14(10-18(12)24)27-11-15(21(26)13-6-7-13)20(25)19-16(22)4-3-5-17(19)23/h2-5,8-10,13H,1,6-7,11,25H2. The van der Waals surface area contributed by atoms with E-state index in [4.69, 9.17) is 45.3 Å². The second kappa shape index (κ2) is 8.39. The van der Waals surface area contributed by atoms with Crippen molar-refractivity contribution < 1.29 is 9.53 Å². The molecule has 1 saturated carbocycles. The van der Waals surface area contributed by atoms with Gasteiger partial charge in [0.1, 0.15) is 12.4 Å². The molecule has 0 bridgehead atoms. The molecule has 1 fully saturated rings. The number of benzene rings is 2. The molecule has 1 aliphatic rings. The van der Waals surface area contributed by atoms with E-state index >= 15 is 0 Å². The summed E-state index contributed by atoms with van der Waals surface area (Å²) in [6, 6.07) is 10.3. The van der Waals surface area contributed by atoms with Crippen LogP contribution in [0.3, 0.4) is 0 Å². The fourth-order valence-corrected chi connectivity index (χ4v) is 3.55. The number of carbonyl (C=O) groups is 1. The molecule has 0 heterocycles. The van der Waals surface area contributed by atoms with Gasteiger partial charge < -0.3 is 10.5 Å². The van der Waals surface area contributed by atoms with Crippen LogP contribution in [-0.2, 0) is 4.79 Å². The average Bonchev–Trinajstić information content (AvgIpc) is 3.47. The maximum atomic E-state index is 12.8. The maximum Gasteiger partial charge on any atom is 0.167 e. The van der Waals surface area contributed by atoms with Gasteiger partial charge in [-0.25, -0.2) is 0 Å². The van der Waals surface area contributed by atoms with Crippen LogP contribution in [0.15, 0.2) is 48.6 Å². The topological polar surface area (TPSA) is 52.3 Å². The van der Waals surface area contributed by atoms with Crippen molar-refractivity contribution in [3.63, 3.8) is 0 Å². The molecule has 1 aliphatic carbocycles. The Bertz CT molecular complexity index is 913. The minimum absolute atomic E-state index is 0.00643. The molecular formula is C21H18Cl3NO2. The third kappa shape index (κ3) is 4.49. The molecule has 140 valence electrons. The highest BCUT2D eigenvalue weighted by atomic mass is 35.5. The summed E-state index contributed by atoms with van der Waals surface area (Å²) < 4.78 is 5.81. The molecule has 0 radical (unpaired) electrons. The zero-order chi connectivity index (χ0) is 19.6. The molecular weight excluding hydrogens is 405 g/mol. The SMILES string of the molecule is C=Cc1ccc(OCC(C(=O)C2CC2)=C(N)c2c(Cl)cccc2Cl)cc1Cl. The fraction of sp³-hybridized carbons (Fsp3) is 0.190. The number of halogens is 3. The highest BCUT2D eigenvalue weighted by Crippen LogP contribution is 2.36. The van der Waals surface area contributed by atoms with Gasteiger partial charge in [-0.1, -0.05) is 53.5 Å². The number of rotatable bonds is 7. The Hall–Kier alpha value is -1.94. The van der Waals surface area contributed by atoms with Gasteiger partial charge in [-0.05, 0) is 48.7 Å². The molecule has 2 aromatic carbocycles. The largest absolute Gasteiger partial charge is 0.489 e. The second-order valence-electron chi connectivity index (χ2n) is 6.30. The summed E-state index contributed by atoms with van der Waals surface area (Å²) in [5.41, 5.74) is 8.19. The summed E-state index contributed by atoms with van der Waals surface area (Å²) >= 11 is 18.7. The van der Waals surface area contributed by atoms with E-state index in [1.807, 2.05) is 0 Å². The minimum atomic E-state index is -0.0303. The molecule has 0 amide bonds. The van der Waals surface area contributed by atoms with E-state index in [2.05, 4.69) is 6.58 Å². The van der Waals surface area contributed by atoms with Crippen molar-refractivity contribution in [3.8, 4) is 5.75 Å². The monoisotopic (exact) mass is 421 g/mol. The molecule has 3 nitrogen and oxygen atoms in total. The maximum absolute atomic E-state index is 12.8. The van der Waals surface area contributed by atoms with Crippen LogP contribution in [0.25, 0.3) is 11.8 Å². The Morgan fingerprint density at radius 2 is 1.81 bits per heavy atom. The molecule has 0 aliphatic heterocycles. The molecule has 2 N–H and O–H groups in total. The van der Waals surface area contributed by atoms with E-state index < -0.39 is 0 Å². The third-order valence-corrected chi connectivity index (χ3v) is 5.34. The van der Waals surface area contributed by atoms with Gasteiger partial charge in [-0.15, -0.1) is 0 Å². The normalized spacial score (nSPS) is 14.5. The van der Waals surface area contributed by atoms with E-state index in [9.17, 15) is 4.79 Å². The van der Waals surface area contributed by atoms with Crippen LogP contribution >= 0.6 is 34.8 Å². The van der Waals surface area contributed by atoms with Crippen molar-refractivity contribution in [2.24, 2.45) is 11.7 Å². The summed E-state index contributed by atoms with van der Waals surface area (Å²) in [6.07, 6.45) is 3.36. The van der Waals surface area contributed by atoms with Crippen molar-refractivity contribution >= 4 is 52.4 Å². The van der Waals surface area contributed by atoms with Crippen LogP contribution in [0.2, 0.25) is 15.1 Å². The van der Waals surface area contributed by atoms with E-state index in [0.29, 0.717) is 32.0 Å². The Morgan fingerprint density at radius 1 is 1.15 bits per heavy atom. The summed E-state index contributed by atoms with van der Waals surface area (Å²) in [7, 11) is 0. The lowest BCUT2D eigenvalue weighted by atomic mass is 10.0. The predicted molar refractivity (Wildman–Crippen MR) is 112 cm³/mol. The van der Waals surface area contributed by atoms with Crippen molar-refractivity contribution in [3.05, 3.63) is 74.7 Å². The molecule has 0 aromatic heterocycles. The lowest BCUT2D eigenvalue weighted by Crippen LogP contribution is -2.18. The first-order valence-corrected chi connectivity index (χ1v) is 9.57. The Morgan fingerprint density at radius 3 is 2.37 bits per heavy atom. The molecule has 0 spiro atoms. The van der Waals surface area contributed by atoms with Gasteiger partial charge in [0.25, 0.3) is 0 Å². The first kappa shape index (κ1) is 19.8. The summed E-state index contributed by atoms with van der Waals surface area (Å²) in [6.45, 7) is 3.71. The summed E-state index contributed by atoms with van der Waals surface area (Å²) in [5.74, 6) is 0.484. The van der Waals surface area contributed by atoms with Crippen LogP contribution < -0.4 is 10.5 Å². The van der Waals surface area contributed by atoms with Crippen molar-refractivity contribution in [2.75, 3.05) is 6.61 Å². The Balaban J connectivity index is 1.93. The highest BCUT2D eigenvalue weighted by molar-refractivity contribution is 6.37. The number of nitrogens with two attached hydrogens (primary N) is 1. The van der Waals surface area contributed by atoms with Crippen LogP contribution in [0.4, 0.5) is 0 Å². The zero-order valence-corrected chi connectivity index (χ0v) is 16.7. The van der Waals surface area contributed by atoms with Gasteiger partial charge in [0.05, 0.1) is 26.3 Å². The van der Waals surface area contributed by atoms with Gasteiger partial charge in [0, 0.05) is 11.5 Å². The molecule has 0 unspecified atom stereocenters. The number of ether oxygens (including phenoxy) is 1. The molecule has 0 atom stereocenters. The van der Waals surface area contributed by atoms with E-state index in [0.717, 1.165) is 18.4 Å². The lowest BCUT2D eigenvalue weighted by Gasteiger charge is -2.15. The number of carbonyl (C=O) groups excluding carboxylic acids is 1. The number of Topliss-reactive ketones (excluding diaryl/α,β-unsaturated/α-hetero) is 1. The van der Waals surface area contributed by atoms with E-state index in [-0.39, 0.29) is 24.0 Å². The van der Waals surface area contributed by atoms with Crippen molar-refractivity contribution in [2.45, 2.75) is 12.8 Å². The number of hydrogen-bond donors (Lipinski definition) is 1. The van der Waals surface area contributed by atoms with Crippen LogP contribution in [-0.4, -0.2) is 12.4 Å². The zero-order valence-electron chi connectivity index (χ0n) is 14.5. The summed E-state index contributed by atoms with van der Waals surface area (Å²) in [5, 5.41) is 1.29. The fourth-order valence-electron chi connectivity index (χ4n) is 2.70. The second-order valence-corrected chi connectivity index (χ2v) is 7.53. The molecule has 6 heteroatoms. The molecule has 0 saturated heterocycles. The lowest BCUT2D eigenvalue weighted by molar-refractivity contribution is -0.116. The first-order chi connectivity index (χ1) is 12.9. The smallest absolute Gasteiger partial charge is 0.167 e. The molecule has 2 aromatic rings. The van der Waals surface area contributed by atoms with Crippen LogP contribution in [0, 0.1) is 5.92 Å². The Kier molecular flexibility index (Phi) is 6.15. The van der Waals surface area contributed by atoms with Crippen molar-refractivity contribution in [1.29, 1.82) is 0 Å². The third-order valence-electron chi connectivity index (χ3n) is 4.38. The van der Waals surface area contributed by atoms with Gasteiger partial charge in [0.15, 0.2) is 5.78 Å². The number of ketones is 1. The summed E-state index contributed by atoms with van der Waals surface area (Å²) in [4.78, 5) is 12.8. The average molecular weight is 423 g/mol. The van der Waals surface area contributed by atoms with Gasteiger partial charge in [0.2, 0.25) is 0 Å². The van der Waals surface area contributed by atoms with Crippen LogP contribution in [0.1, 0.15) is 24.0 Å². The quantitative estimate of drug-likeness (QED) is 0.555. The Labute approximate surface area is 173 Å². The van der Waals surface area contributed by atoms with Crippen LogP contribution in [0.5, 0.6) is 5.75 Å². The first-order valence-electron chi connectivity index (χ1n) is 8.44. The van der Waals surface area contributed by atoms with E-state index in [1.165, 1.54) is 0 Å². The van der Waals surface area contributed by atoms with Gasteiger partial charge in [-0.3, -0.25) is 4.79 Å². The number of hydrogen-bond acceptors (Lipinski definition) is 3. The minimum Gasteiger partial charge on any atom is -0.489 e.